The van der Waals surface area contributed by atoms with Crippen LogP contribution in [0.15, 0.2) is 60.7 Å². The lowest BCUT2D eigenvalue weighted by Crippen LogP contribution is -2.50. The average Bonchev–Trinajstić information content (AvgIpc) is 3.31. The second-order valence-corrected chi connectivity index (χ2v) is 10.9. The normalized spacial score (nSPS) is 15.6. The number of carbonyl (C=O) groups excluding carboxylic acids is 1. The summed E-state index contributed by atoms with van der Waals surface area (Å²) in [5, 5.41) is 15.2. The summed E-state index contributed by atoms with van der Waals surface area (Å²) < 4.78 is 7.74. The summed E-state index contributed by atoms with van der Waals surface area (Å²) in [6.45, 7) is 11.1. The van der Waals surface area contributed by atoms with Crippen molar-refractivity contribution in [3.8, 4) is 11.4 Å². The van der Waals surface area contributed by atoms with Crippen LogP contribution in [0.3, 0.4) is 0 Å². The maximum atomic E-state index is 12.8. The first-order valence-corrected chi connectivity index (χ1v) is 13.8. The number of β-amino-alcohol motifs (C(OH)–C–C–N with tert-alkyl or cyclic N) is 1. The van der Waals surface area contributed by atoms with E-state index in [9.17, 15) is 9.90 Å². The Labute approximate surface area is 227 Å². The van der Waals surface area contributed by atoms with E-state index < -0.39 is 6.10 Å². The van der Waals surface area contributed by atoms with E-state index in [1.54, 1.807) is 0 Å². The van der Waals surface area contributed by atoms with Gasteiger partial charge in [0.2, 0.25) is 0 Å². The number of benzene rings is 2. The molecule has 0 amide bonds. The van der Waals surface area contributed by atoms with Gasteiger partial charge in [-0.15, -0.1) is 0 Å². The third-order valence-corrected chi connectivity index (χ3v) is 6.91. The second kappa shape index (κ2) is 13.7. The molecule has 1 fully saturated rings. The molecule has 38 heavy (non-hydrogen) atoms. The van der Waals surface area contributed by atoms with E-state index in [1.165, 1.54) is 11.3 Å². The Hall–Kier alpha value is -3.00. The first-order valence-electron chi connectivity index (χ1n) is 13.8. The molecule has 4 rings (SSSR count). The average molecular weight is 519 g/mol. The van der Waals surface area contributed by atoms with Gasteiger partial charge in [-0.2, -0.15) is 5.10 Å². The minimum Gasteiger partial charge on any atom is -0.491 e. The van der Waals surface area contributed by atoms with Gasteiger partial charge in [0.05, 0.1) is 17.9 Å². The zero-order chi connectivity index (χ0) is 26.9. The van der Waals surface area contributed by atoms with Crippen LogP contribution in [0.25, 0.3) is 5.69 Å². The highest BCUT2D eigenvalue weighted by molar-refractivity contribution is 5.80. The number of ketones is 1. The van der Waals surface area contributed by atoms with Crippen molar-refractivity contribution in [2.24, 2.45) is 5.92 Å². The number of nitrogens with zero attached hydrogens (tertiary/aromatic N) is 4. The predicted octanol–water partition coefficient (Wildman–Crippen LogP) is 3.94. The number of ether oxygens (including phenoxy) is 1. The number of rotatable bonds is 13. The van der Waals surface area contributed by atoms with Gasteiger partial charge < -0.3 is 9.84 Å². The molecule has 1 saturated heterocycles. The summed E-state index contributed by atoms with van der Waals surface area (Å²) in [6, 6.07) is 20.2. The summed E-state index contributed by atoms with van der Waals surface area (Å²) in [5.74, 6) is 1.56. The topological polar surface area (TPSA) is 70.8 Å². The maximum Gasteiger partial charge on any atom is 0.147 e. The van der Waals surface area contributed by atoms with Gasteiger partial charge in [0, 0.05) is 44.8 Å². The van der Waals surface area contributed by atoms with Crippen molar-refractivity contribution in [2.75, 3.05) is 45.9 Å². The summed E-state index contributed by atoms with van der Waals surface area (Å²) in [7, 11) is 0. The van der Waals surface area contributed by atoms with Gasteiger partial charge in [-0.25, -0.2) is 4.68 Å². The van der Waals surface area contributed by atoms with Crippen LogP contribution in [-0.2, 0) is 17.6 Å². The van der Waals surface area contributed by atoms with Crippen molar-refractivity contribution in [3.05, 3.63) is 77.6 Å². The third-order valence-electron chi connectivity index (χ3n) is 6.91. The Morgan fingerprint density at radius 1 is 1.00 bits per heavy atom. The maximum absolute atomic E-state index is 12.8. The number of piperazine rings is 1. The number of aliphatic hydroxyl groups is 1. The molecule has 1 N–H and O–H groups in total. The Morgan fingerprint density at radius 2 is 1.68 bits per heavy atom. The van der Waals surface area contributed by atoms with Crippen molar-refractivity contribution >= 4 is 5.78 Å². The summed E-state index contributed by atoms with van der Waals surface area (Å²) in [6.07, 6.45) is 1.58. The quantitative estimate of drug-likeness (QED) is 0.370. The van der Waals surface area contributed by atoms with Crippen molar-refractivity contribution in [2.45, 2.75) is 46.1 Å². The number of hydrogen-bond acceptors (Lipinski definition) is 6. The SMILES string of the molecule is Cc1ccc(OC[C@@H](O)CN2CCN(CC(=O)CCc3cc(CC(C)C)n(-c4ccccc4)n3)CC2)cc1. The van der Waals surface area contributed by atoms with Crippen LogP contribution >= 0.6 is 0 Å². The monoisotopic (exact) mass is 518 g/mol. The molecule has 0 saturated carbocycles. The summed E-state index contributed by atoms with van der Waals surface area (Å²) in [4.78, 5) is 17.2. The highest BCUT2D eigenvalue weighted by atomic mass is 16.5. The molecular formula is C31H42N4O3. The zero-order valence-corrected chi connectivity index (χ0v) is 23.1. The fourth-order valence-corrected chi connectivity index (χ4v) is 4.86. The Bertz CT molecular complexity index is 1140. The first-order chi connectivity index (χ1) is 18.4. The molecule has 0 aliphatic carbocycles. The fraction of sp³-hybridized carbons (Fsp3) is 0.484. The fourth-order valence-electron chi connectivity index (χ4n) is 4.86. The molecule has 2 heterocycles. The molecule has 7 nitrogen and oxygen atoms in total. The van der Waals surface area contributed by atoms with Gasteiger partial charge >= 0.3 is 0 Å². The molecular weight excluding hydrogens is 476 g/mol. The molecule has 7 heteroatoms. The van der Waals surface area contributed by atoms with Gasteiger partial charge in [0.15, 0.2) is 0 Å². The number of aliphatic hydroxyl groups excluding tert-OH is 1. The zero-order valence-electron chi connectivity index (χ0n) is 23.1. The lowest BCUT2D eigenvalue weighted by Gasteiger charge is -2.35. The number of aryl methyl sites for hydroxylation is 2. The third kappa shape index (κ3) is 8.51. The Kier molecular flexibility index (Phi) is 10.1. The van der Waals surface area contributed by atoms with E-state index in [0.29, 0.717) is 31.8 Å². The van der Waals surface area contributed by atoms with Gasteiger partial charge in [-0.3, -0.25) is 14.6 Å². The lowest BCUT2D eigenvalue weighted by molar-refractivity contribution is -0.120. The molecule has 3 aromatic rings. The second-order valence-electron chi connectivity index (χ2n) is 10.9. The molecule has 1 aromatic heterocycles. The van der Waals surface area contributed by atoms with Crippen LogP contribution in [0.5, 0.6) is 5.75 Å². The minimum absolute atomic E-state index is 0.254. The molecule has 2 aromatic carbocycles. The van der Waals surface area contributed by atoms with Crippen LogP contribution < -0.4 is 4.74 Å². The lowest BCUT2D eigenvalue weighted by atomic mass is 10.1. The molecule has 1 atom stereocenters. The molecule has 0 radical (unpaired) electrons. The van der Waals surface area contributed by atoms with Gasteiger partial charge in [-0.05, 0) is 56.0 Å². The minimum atomic E-state index is -0.541. The van der Waals surface area contributed by atoms with Gasteiger partial charge in [-0.1, -0.05) is 49.7 Å². The number of aromatic nitrogens is 2. The van der Waals surface area contributed by atoms with E-state index in [1.807, 2.05) is 54.1 Å². The number of carbonyl (C=O) groups is 1. The van der Waals surface area contributed by atoms with E-state index in [2.05, 4.69) is 41.8 Å². The van der Waals surface area contributed by atoms with Crippen molar-refractivity contribution < 1.29 is 14.6 Å². The van der Waals surface area contributed by atoms with Crippen molar-refractivity contribution in [3.63, 3.8) is 0 Å². The van der Waals surface area contributed by atoms with E-state index >= 15 is 0 Å². The number of para-hydroxylation sites is 1. The summed E-state index contributed by atoms with van der Waals surface area (Å²) >= 11 is 0. The van der Waals surface area contributed by atoms with Gasteiger partial charge in [0.1, 0.15) is 24.2 Å². The molecule has 0 unspecified atom stereocenters. The molecule has 0 bridgehead atoms. The van der Waals surface area contributed by atoms with Crippen molar-refractivity contribution in [1.82, 2.24) is 19.6 Å². The largest absolute Gasteiger partial charge is 0.491 e. The smallest absolute Gasteiger partial charge is 0.147 e. The first kappa shape index (κ1) is 28.0. The molecule has 1 aliphatic heterocycles. The Morgan fingerprint density at radius 3 is 2.37 bits per heavy atom. The van der Waals surface area contributed by atoms with E-state index in [0.717, 1.165) is 49.7 Å². The molecule has 204 valence electrons. The van der Waals surface area contributed by atoms with Crippen LogP contribution in [0.1, 0.15) is 37.2 Å². The van der Waals surface area contributed by atoms with Crippen LogP contribution in [0.2, 0.25) is 0 Å². The molecule has 1 aliphatic rings. The van der Waals surface area contributed by atoms with Crippen molar-refractivity contribution in [1.29, 1.82) is 0 Å². The predicted molar refractivity (Wildman–Crippen MR) is 151 cm³/mol. The highest BCUT2D eigenvalue weighted by Crippen LogP contribution is 2.18. The standard InChI is InChI=1S/C31H42N4O3/c1-24(2)19-28-20-26(32-35(28)27-7-5-4-6-8-27)11-12-29(36)21-33-15-17-34(18-16-33)22-30(37)23-38-31-13-9-25(3)10-14-31/h4-10,13-14,20,24,30,37H,11-12,15-19,21-23H2,1-3H3/t30-/m0/s1. The van der Waals surface area contributed by atoms with E-state index in [4.69, 9.17) is 9.84 Å². The van der Waals surface area contributed by atoms with Gasteiger partial charge in [0.25, 0.3) is 0 Å². The molecule has 0 spiro atoms. The number of Topliss-reactive ketones (excluding diaryl/α,β-unsaturated/α-hetero) is 1. The van der Waals surface area contributed by atoms with E-state index in [-0.39, 0.29) is 12.4 Å². The highest BCUT2D eigenvalue weighted by Gasteiger charge is 2.21. The van der Waals surface area contributed by atoms with Crippen LogP contribution in [-0.4, -0.2) is 82.4 Å². The van der Waals surface area contributed by atoms with Crippen LogP contribution in [0.4, 0.5) is 0 Å². The van der Waals surface area contributed by atoms with Crippen LogP contribution in [0, 0.1) is 12.8 Å². The number of hydrogen-bond donors (Lipinski definition) is 1. The summed E-state index contributed by atoms with van der Waals surface area (Å²) in [5.41, 5.74) is 4.41. The Balaban J connectivity index is 1.18.